The number of benzene rings is 1. The number of hydrogen-bond donors (Lipinski definition) is 3. The third-order valence-corrected chi connectivity index (χ3v) is 2.78. The van der Waals surface area contributed by atoms with Crippen molar-refractivity contribution in [1.29, 1.82) is 0 Å². The summed E-state index contributed by atoms with van der Waals surface area (Å²) in [6, 6.07) is 4.41. The fourth-order valence-electron chi connectivity index (χ4n) is 1.71. The van der Waals surface area contributed by atoms with Crippen molar-refractivity contribution < 1.29 is 15.0 Å². The number of amides is 1. The van der Waals surface area contributed by atoms with Gasteiger partial charge in [-0.2, -0.15) is 0 Å². The first-order chi connectivity index (χ1) is 8.43. The summed E-state index contributed by atoms with van der Waals surface area (Å²) < 4.78 is 0. The average Bonchev–Trinajstić information content (AvgIpc) is 2.28. The molecule has 0 aromatic heterocycles. The van der Waals surface area contributed by atoms with E-state index in [0.717, 1.165) is 0 Å². The van der Waals surface area contributed by atoms with Crippen LogP contribution in [0.15, 0.2) is 18.2 Å². The molecule has 1 rings (SSSR count). The minimum Gasteiger partial charge on any atom is -0.507 e. The molecule has 100 valence electrons. The van der Waals surface area contributed by atoms with Gasteiger partial charge in [-0.3, -0.25) is 4.79 Å². The van der Waals surface area contributed by atoms with Crippen molar-refractivity contribution in [3.05, 3.63) is 23.8 Å². The summed E-state index contributed by atoms with van der Waals surface area (Å²) in [4.78, 5) is 12.9. The summed E-state index contributed by atoms with van der Waals surface area (Å²) in [7, 11) is 3.42. The van der Waals surface area contributed by atoms with Crippen LogP contribution in [0.25, 0.3) is 0 Å². The van der Waals surface area contributed by atoms with Crippen LogP contribution >= 0.6 is 0 Å². The van der Waals surface area contributed by atoms with Gasteiger partial charge in [0, 0.05) is 33.1 Å². The van der Waals surface area contributed by atoms with E-state index in [-0.39, 0.29) is 23.4 Å². The molecule has 0 aliphatic rings. The Balaban J connectivity index is 2.56. The van der Waals surface area contributed by atoms with Crippen LogP contribution in [-0.2, 0) is 4.79 Å². The molecule has 0 saturated heterocycles. The zero-order valence-electron chi connectivity index (χ0n) is 11.0. The fraction of sp³-hybridized carbons (Fsp3) is 0.462. The summed E-state index contributed by atoms with van der Waals surface area (Å²) >= 11 is 0. The van der Waals surface area contributed by atoms with Gasteiger partial charge in [-0.25, -0.2) is 0 Å². The van der Waals surface area contributed by atoms with Gasteiger partial charge >= 0.3 is 0 Å². The van der Waals surface area contributed by atoms with Crippen molar-refractivity contribution >= 4 is 5.91 Å². The molecule has 0 bridgehead atoms. The van der Waals surface area contributed by atoms with Crippen LogP contribution in [0.2, 0.25) is 0 Å². The zero-order valence-corrected chi connectivity index (χ0v) is 11.0. The van der Waals surface area contributed by atoms with E-state index >= 15 is 0 Å². The SMILES string of the molecule is CC(NCCC(=O)N(C)C)c1c(O)cccc1O. The van der Waals surface area contributed by atoms with Gasteiger partial charge in [0.2, 0.25) is 5.91 Å². The smallest absolute Gasteiger partial charge is 0.223 e. The Morgan fingerprint density at radius 1 is 1.33 bits per heavy atom. The van der Waals surface area contributed by atoms with Gasteiger partial charge in [0.15, 0.2) is 0 Å². The molecule has 0 fully saturated rings. The molecular formula is C13H20N2O3. The molecule has 0 saturated carbocycles. The van der Waals surface area contributed by atoms with Crippen LogP contribution < -0.4 is 5.32 Å². The first-order valence-electron chi connectivity index (χ1n) is 5.88. The highest BCUT2D eigenvalue weighted by molar-refractivity contribution is 5.75. The maximum absolute atomic E-state index is 11.4. The van der Waals surface area contributed by atoms with Gasteiger partial charge in [0.05, 0.1) is 5.56 Å². The van der Waals surface area contributed by atoms with E-state index in [0.29, 0.717) is 18.5 Å². The van der Waals surface area contributed by atoms with E-state index in [1.165, 1.54) is 17.0 Å². The number of carbonyl (C=O) groups is 1. The van der Waals surface area contributed by atoms with E-state index in [4.69, 9.17) is 0 Å². The monoisotopic (exact) mass is 252 g/mol. The van der Waals surface area contributed by atoms with Crippen LogP contribution in [0.3, 0.4) is 0 Å². The molecule has 0 radical (unpaired) electrons. The molecule has 5 heteroatoms. The first-order valence-corrected chi connectivity index (χ1v) is 5.88. The number of phenolic OH excluding ortho intramolecular Hbond substituents is 2. The maximum atomic E-state index is 11.4. The first kappa shape index (κ1) is 14.3. The van der Waals surface area contributed by atoms with E-state index in [2.05, 4.69) is 5.32 Å². The Kier molecular flexibility index (Phi) is 4.97. The number of nitrogens with zero attached hydrogens (tertiary/aromatic N) is 1. The van der Waals surface area contributed by atoms with E-state index in [9.17, 15) is 15.0 Å². The Labute approximate surface area is 107 Å². The van der Waals surface area contributed by atoms with Crippen molar-refractivity contribution in [2.45, 2.75) is 19.4 Å². The van der Waals surface area contributed by atoms with Crippen LogP contribution in [-0.4, -0.2) is 41.7 Å². The van der Waals surface area contributed by atoms with Crippen molar-refractivity contribution in [3.63, 3.8) is 0 Å². The summed E-state index contributed by atoms with van der Waals surface area (Å²) in [5.41, 5.74) is 0.454. The molecule has 0 aliphatic heterocycles. The fourth-order valence-corrected chi connectivity index (χ4v) is 1.71. The molecule has 1 unspecified atom stereocenters. The second kappa shape index (κ2) is 6.26. The predicted octanol–water partition coefficient (Wildman–Crippen LogP) is 1.23. The van der Waals surface area contributed by atoms with Gasteiger partial charge < -0.3 is 20.4 Å². The summed E-state index contributed by atoms with van der Waals surface area (Å²) in [5.74, 6) is 0.138. The highest BCUT2D eigenvalue weighted by Crippen LogP contribution is 2.31. The highest BCUT2D eigenvalue weighted by atomic mass is 16.3. The molecule has 1 atom stereocenters. The Morgan fingerprint density at radius 3 is 2.39 bits per heavy atom. The Bertz CT molecular complexity index is 398. The van der Waals surface area contributed by atoms with Crippen LogP contribution in [0.5, 0.6) is 11.5 Å². The quantitative estimate of drug-likeness (QED) is 0.737. The second-order valence-electron chi connectivity index (χ2n) is 4.42. The molecule has 0 aliphatic carbocycles. The van der Waals surface area contributed by atoms with E-state index in [1.807, 2.05) is 6.92 Å². The molecule has 18 heavy (non-hydrogen) atoms. The molecule has 5 nitrogen and oxygen atoms in total. The molecule has 0 heterocycles. The third kappa shape index (κ3) is 3.63. The lowest BCUT2D eigenvalue weighted by molar-refractivity contribution is -0.128. The van der Waals surface area contributed by atoms with Gasteiger partial charge in [0.25, 0.3) is 0 Å². The number of carbonyl (C=O) groups excluding carboxylic acids is 1. The highest BCUT2D eigenvalue weighted by Gasteiger charge is 2.14. The van der Waals surface area contributed by atoms with Gasteiger partial charge in [0.1, 0.15) is 11.5 Å². The van der Waals surface area contributed by atoms with Gasteiger partial charge in [-0.1, -0.05) is 6.07 Å². The van der Waals surface area contributed by atoms with Crippen molar-refractivity contribution in [2.24, 2.45) is 0 Å². The minimum absolute atomic E-state index is 0.0382. The van der Waals surface area contributed by atoms with Crippen LogP contribution in [0.1, 0.15) is 24.9 Å². The predicted molar refractivity (Wildman–Crippen MR) is 69.5 cm³/mol. The molecule has 3 N–H and O–H groups in total. The maximum Gasteiger partial charge on any atom is 0.223 e. The second-order valence-corrected chi connectivity index (χ2v) is 4.42. The van der Waals surface area contributed by atoms with Crippen LogP contribution in [0.4, 0.5) is 0 Å². The Hall–Kier alpha value is -1.75. The number of phenols is 2. The lowest BCUT2D eigenvalue weighted by Crippen LogP contribution is -2.28. The van der Waals surface area contributed by atoms with Gasteiger partial charge in [-0.05, 0) is 19.1 Å². The van der Waals surface area contributed by atoms with E-state index < -0.39 is 0 Å². The van der Waals surface area contributed by atoms with E-state index in [1.54, 1.807) is 20.2 Å². The van der Waals surface area contributed by atoms with Crippen molar-refractivity contribution in [3.8, 4) is 11.5 Å². The zero-order chi connectivity index (χ0) is 13.7. The number of aromatic hydroxyl groups is 2. The number of nitrogens with one attached hydrogen (secondary N) is 1. The normalized spacial score (nSPS) is 12.2. The van der Waals surface area contributed by atoms with Gasteiger partial charge in [-0.15, -0.1) is 0 Å². The molecule has 0 spiro atoms. The molecule has 1 amide bonds. The average molecular weight is 252 g/mol. The third-order valence-electron chi connectivity index (χ3n) is 2.78. The minimum atomic E-state index is -0.221. The number of hydrogen-bond acceptors (Lipinski definition) is 4. The lowest BCUT2D eigenvalue weighted by Gasteiger charge is -2.17. The summed E-state index contributed by atoms with van der Waals surface area (Å²) in [6.45, 7) is 2.32. The van der Waals surface area contributed by atoms with Crippen LogP contribution in [0, 0.1) is 0 Å². The summed E-state index contributed by atoms with van der Waals surface area (Å²) in [6.07, 6.45) is 0.381. The topological polar surface area (TPSA) is 72.8 Å². The standard InChI is InChI=1S/C13H20N2O3/c1-9(14-8-7-12(18)15(2)3)13-10(16)5-4-6-11(13)17/h4-6,9,14,16-17H,7-8H2,1-3H3. The molecular weight excluding hydrogens is 232 g/mol. The molecule has 1 aromatic carbocycles. The Morgan fingerprint density at radius 2 is 1.89 bits per heavy atom. The lowest BCUT2D eigenvalue weighted by atomic mass is 10.1. The van der Waals surface area contributed by atoms with Crippen molar-refractivity contribution in [2.75, 3.05) is 20.6 Å². The molecule has 1 aromatic rings. The largest absolute Gasteiger partial charge is 0.507 e. The summed E-state index contributed by atoms with van der Waals surface area (Å²) in [5, 5.41) is 22.5. The number of rotatable bonds is 5. The van der Waals surface area contributed by atoms with Crippen molar-refractivity contribution in [1.82, 2.24) is 10.2 Å².